The first-order chi connectivity index (χ1) is 25.2. The zero-order chi connectivity index (χ0) is 33.6. The molecule has 0 saturated heterocycles. The Morgan fingerprint density at radius 2 is 1.08 bits per heavy atom. The highest BCUT2D eigenvalue weighted by Gasteiger charge is 2.22. The van der Waals surface area contributed by atoms with Gasteiger partial charge in [0.2, 0.25) is 0 Å². The summed E-state index contributed by atoms with van der Waals surface area (Å²) in [6.07, 6.45) is 1.96. The van der Waals surface area contributed by atoms with E-state index in [1.165, 1.54) is 54.2 Å². The van der Waals surface area contributed by atoms with E-state index < -0.39 is 0 Å². The lowest BCUT2D eigenvalue weighted by Crippen LogP contribution is -1.97. The molecule has 2 heterocycles. The predicted octanol–water partition coefficient (Wildman–Crippen LogP) is 13.6. The molecule has 3 nitrogen and oxygen atoms in total. The van der Waals surface area contributed by atoms with E-state index in [9.17, 15) is 0 Å². The van der Waals surface area contributed by atoms with Crippen LogP contribution in [0, 0.1) is 6.57 Å². The Labute approximate surface area is 293 Å². The summed E-state index contributed by atoms with van der Waals surface area (Å²) in [7, 11) is 0. The second-order valence-corrected chi connectivity index (χ2v) is 13.4. The Morgan fingerprint density at radius 3 is 1.82 bits per heavy atom. The third-order valence-electron chi connectivity index (χ3n) is 10.6. The first-order valence-corrected chi connectivity index (χ1v) is 17.1. The summed E-state index contributed by atoms with van der Waals surface area (Å²) in [6, 6.07) is 53.9. The SMILES string of the molecule is [C-]#[N+]c1ccc2c3c(cccc13)-c1cc(-c3ccc(-c4cc5ccc6cc(-c7cccc8ccccc78)cc7ccc(c4)c5c67)nc3)ccc1O2. The number of rotatable bonds is 3. The van der Waals surface area contributed by atoms with Crippen molar-refractivity contribution in [3.05, 3.63) is 169 Å². The minimum absolute atomic E-state index is 0.636. The van der Waals surface area contributed by atoms with E-state index in [2.05, 4.69) is 126 Å². The molecule has 0 atom stereocenters. The molecule has 0 radical (unpaired) electrons. The molecule has 3 heteroatoms. The van der Waals surface area contributed by atoms with Crippen LogP contribution in [0.1, 0.15) is 0 Å². The molecule has 1 aliphatic rings. The van der Waals surface area contributed by atoms with Crippen LogP contribution in [0.3, 0.4) is 0 Å². The Hall–Kier alpha value is -7.02. The van der Waals surface area contributed by atoms with Crippen LogP contribution in [0.4, 0.5) is 5.69 Å². The molecule has 0 bridgehead atoms. The predicted molar refractivity (Wildman–Crippen MR) is 211 cm³/mol. The molecule has 0 amide bonds. The summed E-state index contributed by atoms with van der Waals surface area (Å²) >= 11 is 0. The van der Waals surface area contributed by atoms with Gasteiger partial charge in [-0.25, -0.2) is 4.85 Å². The zero-order valence-corrected chi connectivity index (χ0v) is 27.3. The second kappa shape index (κ2) is 10.5. The fourth-order valence-electron chi connectivity index (χ4n) is 8.25. The maximum atomic E-state index is 7.64. The van der Waals surface area contributed by atoms with Crippen LogP contribution in [-0.4, -0.2) is 4.98 Å². The van der Waals surface area contributed by atoms with Crippen molar-refractivity contribution in [1.29, 1.82) is 0 Å². The largest absolute Gasteiger partial charge is 0.456 e. The van der Waals surface area contributed by atoms with E-state index in [0.29, 0.717) is 5.69 Å². The van der Waals surface area contributed by atoms with E-state index in [0.717, 1.165) is 55.8 Å². The van der Waals surface area contributed by atoms with E-state index in [1.54, 1.807) is 0 Å². The van der Waals surface area contributed by atoms with Gasteiger partial charge in [-0.05, 0) is 119 Å². The van der Waals surface area contributed by atoms with Crippen LogP contribution < -0.4 is 4.74 Å². The Kier molecular flexibility index (Phi) is 5.73. The van der Waals surface area contributed by atoms with Gasteiger partial charge in [-0.15, -0.1) is 0 Å². The molecule has 234 valence electrons. The number of pyridine rings is 1. The summed E-state index contributed by atoms with van der Waals surface area (Å²) in [5.74, 6) is 1.61. The van der Waals surface area contributed by atoms with Gasteiger partial charge in [0.1, 0.15) is 11.5 Å². The molecule has 0 N–H and O–H groups in total. The number of aromatic nitrogens is 1. The number of hydrogen-bond acceptors (Lipinski definition) is 2. The number of hydrogen-bond donors (Lipinski definition) is 0. The molecule has 0 fully saturated rings. The summed E-state index contributed by atoms with van der Waals surface area (Å²) in [5, 5.41) is 12.0. The molecule has 0 spiro atoms. The molecule has 0 aliphatic carbocycles. The maximum absolute atomic E-state index is 7.64. The molecule has 51 heavy (non-hydrogen) atoms. The monoisotopic (exact) mass is 646 g/mol. The Morgan fingerprint density at radius 1 is 0.431 bits per heavy atom. The minimum Gasteiger partial charge on any atom is -0.456 e. The van der Waals surface area contributed by atoms with Crippen molar-refractivity contribution >= 4 is 59.5 Å². The quantitative estimate of drug-likeness (QED) is 0.141. The smallest absolute Gasteiger partial charge is 0.195 e. The van der Waals surface area contributed by atoms with Gasteiger partial charge in [0, 0.05) is 28.3 Å². The molecule has 1 aliphatic heterocycles. The molecule has 11 rings (SSSR count). The number of ether oxygens (including phenoxy) is 1. The van der Waals surface area contributed by atoms with E-state index in [1.807, 2.05) is 36.5 Å². The molecule has 0 saturated carbocycles. The van der Waals surface area contributed by atoms with Crippen LogP contribution >= 0.6 is 0 Å². The van der Waals surface area contributed by atoms with Crippen LogP contribution in [0.25, 0.3) is 103 Å². The standard InChI is InChI=1S/C48H26N2O/c1-49-43-19-21-45-48-39(10-5-11-40(43)48)41-26-29(17-20-44(41)51-45)34-16-18-42(50-27-34)36-24-32-14-12-30-22-35(23-31-13-15-33(25-36)47(32)46(30)31)38-9-4-7-28-6-2-3-8-37(28)38/h2-27H. The topological polar surface area (TPSA) is 26.5 Å². The lowest BCUT2D eigenvalue weighted by molar-refractivity contribution is 0.487. The molecular weight excluding hydrogens is 621 g/mol. The summed E-state index contributed by atoms with van der Waals surface area (Å²) in [6.45, 7) is 7.64. The van der Waals surface area contributed by atoms with Crippen LogP contribution in [-0.2, 0) is 0 Å². The maximum Gasteiger partial charge on any atom is 0.195 e. The lowest BCUT2D eigenvalue weighted by atomic mass is 9.89. The van der Waals surface area contributed by atoms with E-state index in [-0.39, 0.29) is 0 Å². The van der Waals surface area contributed by atoms with Crippen molar-refractivity contribution in [3.63, 3.8) is 0 Å². The molecule has 9 aromatic carbocycles. The van der Waals surface area contributed by atoms with Crippen LogP contribution in [0.2, 0.25) is 0 Å². The fourth-order valence-corrected chi connectivity index (χ4v) is 8.25. The van der Waals surface area contributed by atoms with Gasteiger partial charge in [-0.3, -0.25) is 4.98 Å². The minimum atomic E-state index is 0.636. The first kappa shape index (κ1) is 27.9. The molecule has 0 unspecified atom stereocenters. The normalized spacial score (nSPS) is 12.1. The highest BCUT2D eigenvalue weighted by Crippen LogP contribution is 2.49. The second-order valence-electron chi connectivity index (χ2n) is 13.4. The summed E-state index contributed by atoms with van der Waals surface area (Å²) in [5.41, 5.74) is 9.38. The fraction of sp³-hybridized carbons (Fsp3) is 0. The van der Waals surface area contributed by atoms with Gasteiger partial charge in [0.15, 0.2) is 5.69 Å². The lowest BCUT2D eigenvalue weighted by Gasteiger charge is -2.22. The van der Waals surface area contributed by atoms with Crippen molar-refractivity contribution < 1.29 is 4.74 Å². The summed E-state index contributed by atoms with van der Waals surface area (Å²) in [4.78, 5) is 8.72. The molecule has 10 aromatic rings. The van der Waals surface area contributed by atoms with Gasteiger partial charge < -0.3 is 4.74 Å². The van der Waals surface area contributed by atoms with Gasteiger partial charge in [0.25, 0.3) is 0 Å². The Bertz CT molecular complexity index is 3040. The highest BCUT2D eigenvalue weighted by molar-refractivity contribution is 6.24. The number of fused-ring (bicyclic) bond motifs is 3. The van der Waals surface area contributed by atoms with Crippen molar-refractivity contribution in [2.24, 2.45) is 0 Å². The van der Waals surface area contributed by atoms with Gasteiger partial charge in [-0.2, -0.15) is 0 Å². The van der Waals surface area contributed by atoms with Gasteiger partial charge in [-0.1, -0.05) is 103 Å². The average Bonchev–Trinajstić information content (AvgIpc) is 3.19. The third kappa shape index (κ3) is 4.14. The van der Waals surface area contributed by atoms with Gasteiger partial charge in [0.05, 0.1) is 12.3 Å². The van der Waals surface area contributed by atoms with E-state index in [4.69, 9.17) is 16.3 Å². The van der Waals surface area contributed by atoms with Crippen molar-refractivity contribution in [2.45, 2.75) is 0 Å². The van der Waals surface area contributed by atoms with Crippen molar-refractivity contribution in [3.8, 4) is 56.1 Å². The van der Waals surface area contributed by atoms with Crippen molar-refractivity contribution in [1.82, 2.24) is 4.98 Å². The molecule has 1 aromatic heterocycles. The van der Waals surface area contributed by atoms with Crippen LogP contribution in [0.5, 0.6) is 11.5 Å². The van der Waals surface area contributed by atoms with Crippen molar-refractivity contribution in [2.75, 3.05) is 0 Å². The van der Waals surface area contributed by atoms with Gasteiger partial charge >= 0.3 is 0 Å². The van der Waals surface area contributed by atoms with E-state index >= 15 is 0 Å². The summed E-state index contributed by atoms with van der Waals surface area (Å²) < 4.78 is 6.32. The highest BCUT2D eigenvalue weighted by atomic mass is 16.5. The number of nitrogens with zero attached hydrogens (tertiary/aromatic N) is 2. The average molecular weight is 647 g/mol. The zero-order valence-electron chi connectivity index (χ0n) is 27.3. The Balaban J connectivity index is 0.966. The third-order valence-corrected chi connectivity index (χ3v) is 10.6. The van der Waals surface area contributed by atoms with Crippen LogP contribution in [0.15, 0.2) is 158 Å². The number of benzene rings is 9. The molecular formula is C48H26N2O. The first-order valence-electron chi connectivity index (χ1n) is 17.1.